The number of aryl methyl sites for hydroxylation is 1. The molecular formula is C14H20N8O. The molecule has 0 saturated carbocycles. The molecule has 0 bridgehead atoms. The van der Waals surface area contributed by atoms with Crippen molar-refractivity contribution in [2.24, 2.45) is 0 Å². The van der Waals surface area contributed by atoms with Crippen LogP contribution >= 0.6 is 0 Å². The Morgan fingerprint density at radius 3 is 2.78 bits per heavy atom. The SMILES string of the molecule is COCCn1cnnc1C(C)Nc1c(C)c(C)nn2cnnc12. The maximum absolute atomic E-state index is 5.12. The highest BCUT2D eigenvalue weighted by atomic mass is 16.5. The number of nitrogens with one attached hydrogen (secondary N) is 1. The normalized spacial score (nSPS) is 12.7. The summed E-state index contributed by atoms with van der Waals surface area (Å²) in [4.78, 5) is 0. The first-order valence-electron chi connectivity index (χ1n) is 7.42. The second-order valence-electron chi connectivity index (χ2n) is 5.43. The van der Waals surface area contributed by atoms with Crippen LogP contribution in [-0.4, -0.2) is 48.3 Å². The van der Waals surface area contributed by atoms with Crippen LogP contribution in [0, 0.1) is 13.8 Å². The molecule has 0 aliphatic rings. The third-order valence-corrected chi connectivity index (χ3v) is 3.86. The number of nitrogens with zero attached hydrogens (tertiary/aromatic N) is 7. The average Bonchev–Trinajstić information content (AvgIpc) is 3.18. The Hall–Kier alpha value is -2.55. The zero-order chi connectivity index (χ0) is 16.4. The minimum Gasteiger partial charge on any atom is -0.383 e. The molecule has 1 N–H and O–H groups in total. The van der Waals surface area contributed by atoms with Gasteiger partial charge in [-0.25, -0.2) is 0 Å². The second kappa shape index (κ2) is 6.29. The van der Waals surface area contributed by atoms with Crippen LogP contribution in [0.5, 0.6) is 0 Å². The molecule has 0 saturated heterocycles. The first kappa shape index (κ1) is 15.3. The molecular weight excluding hydrogens is 296 g/mol. The van der Waals surface area contributed by atoms with Gasteiger partial charge >= 0.3 is 0 Å². The van der Waals surface area contributed by atoms with E-state index in [1.54, 1.807) is 24.3 Å². The molecule has 0 aliphatic heterocycles. The molecule has 9 nitrogen and oxygen atoms in total. The van der Waals surface area contributed by atoms with Crippen LogP contribution in [0.2, 0.25) is 0 Å². The summed E-state index contributed by atoms with van der Waals surface area (Å²) in [5.74, 6) is 0.841. The zero-order valence-corrected chi connectivity index (χ0v) is 13.7. The molecule has 9 heteroatoms. The largest absolute Gasteiger partial charge is 0.383 e. The lowest BCUT2D eigenvalue weighted by Crippen LogP contribution is -2.17. The number of hydrogen-bond acceptors (Lipinski definition) is 7. The highest BCUT2D eigenvalue weighted by Crippen LogP contribution is 2.25. The van der Waals surface area contributed by atoms with Gasteiger partial charge in [0.1, 0.15) is 12.7 Å². The van der Waals surface area contributed by atoms with E-state index < -0.39 is 0 Å². The zero-order valence-electron chi connectivity index (χ0n) is 13.7. The summed E-state index contributed by atoms with van der Waals surface area (Å²) in [6.45, 7) is 7.34. The molecule has 3 rings (SSSR count). The smallest absolute Gasteiger partial charge is 0.200 e. The minimum absolute atomic E-state index is 0.0460. The number of rotatable bonds is 6. The van der Waals surface area contributed by atoms with Gasteiger partial charge in [0, 0.05) is 13.7 Å². The fourth-order valence-corrected chi connectivity index (χ4v) is 2.47. The van der Waals surface area contributed by atoms with Crippen molar-refractivity contribution in [3.8, 4) is 0 Å². The van der Waals surface area contributed by atoms with Crippen LogP contribution < -0.4 is 5.32 Å². The Morgan fingerprint density at radius 1 is 1.22 bits per heavy atom. The number of methoxy groups -OCH3 is 1. The Labute approximate surface area is 133 Å². The standard InChI is InChI=1S/C14H20N8O/c1-9-10(2)20-22-8-16-19-14(22)12(9)17-11(3)13-18-15-7-21(13)5-6-23-4/h7-8,11,17H,5-6H2,1-4H3. The molecule has 3 heterocycles. The van der Waals surface area contributed by atoms with E-state index in [1.807, 2.05) is 25.3 Å². The van der Waals surface area contributed by atoms with E-state index in [1.165, 1.54) is 0 Å². The first-order chi connectivity index (χ1) is 11.1. The summed E-state index contributed by atoms with van der Waals surface area (Å²) < 4.78 is 8.77. The van der Waals surface area contributed by atoms with Crippen molar-refractivity contribution in [3.05, 3.63) is 29.7 Å². The van der Waals surface area contributed by atoms with Gasteiger partial charge in [0.05, 0.1) is 24.0 Å². The van der Waals surface area contributed by atoms with Crippen molar-refractivity contribution in [2.45, 2.75) is 33.4 Å². The van der Waals surface area contributed by atoms with Crippen LogP contribution in [-0.2, 0) is 11.3 Å². The van der Waals surface area contributed by atoms with Crippen LogP contribution in [0.25, 0.3) is 5.65 Å². The Morgan fingerprint density at radius 2 is 2.00 bits per heavy atom. The predicted octanol–water partition coefficient (Wildman–Crippen LogP) is 1.15. The van der Waals surface area contributed by atoms with Gasteiger partial charge in [-0.2, -0.15) is 9.61 Å². The van der Waals surface area contributed by atoms with Gasteiger partial charge < -0.3 is 14.6 Å². The molecule has 0 radical (unpaired) electrons. The molecule has 0 aliphatic carbocycles. The highest BCUT2D eigenvalue weighted by molar-refractivity contribution is 5.71. The van der Waals surface area contributed by atoms with Crippen LogP contribution in [0.3, 0.4) is 0 Å². The Kier molecular flexibility index (Phi) is 4.20. The summed E-state index contributed by atoms with van der Waals surface area (Å²) in [7, 11) is 1.68. The van der Waals surface area contributed by atoms with E-state index in [4.69, 9.17) is 4.74 Å². The lowest BCUT2D eigenvalue weighted by atomic mass is 10.2. The van der Waals surface area contributed by atoms with Crippen molar-refractivity contribution in [3.63, 3.8) is 0 Å². The third kappa shape index (κ3) is 2.87. The highest BCUT2D eigenvalue weighted by Gasteiger charge is 2.18. The summed E-state index contributed by atoms with van der Waals surface area (Å²) in [5.41, 5.74) is 3.57. The van der Waals surface area contributed by atoms with Crippen molar-refractivity contribution in [1.82, 2.24) is 34.6 Å². The van der Waals surface area contributed by atoms with Crippen LogP contribution in [0.15, 0.2) is 12.7 Å². The first-order valence-corrected chi connectivity index (χ1v) is 7.42. The van der Waals surface area contributed by atoms with Gasteiger partial charge in [0.2, 0.25) is 5.65 Å². The van der Waals surface area contributed by atoms with Gasteiger partial charge in [0.25, 0.3) is 0 Å². The maximum atomic E-state index is 5.12. The molecule has 0 spiro atoms. The van der Waals surface area contributed by atoms with Gasteiger partial charge in [-0.1, -0.05) is 0 Å². The number of ether oxygens (including phenoxy) is 1. The van der Waals surface area contributed by atoms with Crippen molar-refractivity contribution >= 4 is 11.3 Å². The van der Waals surface area contributed by atoms with E-state index in [0.717, 1.165) is 22.8 Å². The molecule has 23 heavy (non-hydrogen) atoms. The van der Waals surface area contributed by atoms with E-state index >= 15 is 0 Å². The van der Waals surface area contributed by atoms with Crippen molar-refractivity contribution in [1.29, 1.82) is 0 Å². The molecule has 122 valence electrons. The fourth-order valence-electron chi connectivity index (χ4n) is 2.47. The Bertz CT molecular complexity index is 808. The summed E-state index contributed by atoms with van der Waals surface area (Å²) >= 11 is 0. The Balaban J connectivity index is 1.91. The quantitative estimate of drug-likeness (QED) is 0.729. The lowest BCUT2D eigenvalue weighted by molar-refractivity contribution is 0.186. The fraction of sp³-hybridized carbons (Fsp3) is 0.500. The lowest BCUT2D eigenvalue weighted by Gasteiger charge is -2.18. The molecule has 1 unspecified atom stereocenters. The van der Waals surface area contributed by atoms with E-state index in [2.05, 4.69) is 30.8 Å². The van der Waals surface area contributed by atoms with E-state index in [0.29, 0.717) is 18.8 Å². The predicted molar refractivity (Wildman–Crippen MR) is 84.2 cm³/mol. The number of anilines is 1. The van der Waals surface area contributed by atoms with E-state index in [9.17, 15) is 0 Å². The number of aromatic nitrogens is 7. The van der Waals surface area contributed by atoms with Gasteiger partial charge in [0.15, 0.2) is 5.82 Å². The van der Waals surface area contributed by atoms with Gasteiger partial charge in [-0.3, -0.25) is 0 Å². The third-order valence-electron chi connectivity index (χ3n) is 3.86. The summed E-state index contributed by atoms with van der Waals surface area (Å²) in [6, 6.07) is -0.0460. The maximum Gasteiger partial charge on any atom is 0.200 e. The molecule has 0 aromatic carbocycles. The molecule has 3 aromatic heterocycles. The van der Waals surface area contributed by atoms with Crippen molar-refractivity contribution < 1.29 is 4.74 Å². The monoisotopic (exact) mass is 316 g/mol. The summed E-state index contributed by atoms with van der Waals surface area (Å²) in [6.07, 6.45) is 3.31. The molecule has 0 amide bonds. The van der Waals surface area contributed by atoms with E-state index in [-0.39, 0.29) is 6.04 Å². The molecule has 1 atom stereocenters. The molecule has 3 aromatic rings. The van der Waals surface area contributed by atoms with Crippen molar-refractivity contribution in [2.75, 3.05) is 19.0 Å². The minimum atomic E-state index is -0.0460. The van der Waals surface area contributed by atoms with Crippen LogP contribution in [0.4, 0.5) is 5.69 Å². The van der Waals surface area contributed by atoms with Gasteiger partial charge in [-0.15, -0.1) is 20.4 Å². The molecule has 0 fully saturated rings. The second-order valence-corrected chi connectivity index (χ2v) is 5.43. The topological polar surface area (TPSA) is 95.0 Å². The average molecular weight is 316 g/mol. The number of fused-ring (bicyclic) bond motifs is 1. The van der Waals surface area contributed by atoms with Gasteiger partial charge in [-0.05, 0) is 26.3 Å². The number of hydrogen-bond donors (Lipinski definition) is 1. The van der Waals surface area contributed by atoms with Crippen LogP contribution in [0.1, 0.15) is 30.0 Å². The summed E-state index contributed by atoms with van der Waals surface area (Å²) in [5, 5.41) is 24.2.